The summed E-state index contributed by atoms with van der Waals surface area (Å²) in [6.45, 7) is 4.19. The normalized spacial score (nSPS) is 15.4. The first-order chi connectivity index (χ1) is 9.98. The standard InChI is InChI=1S/C17H16Br2O2/c1-17(2)9-11-4-3-5-15(16(11)21-17)20-13-7-6-12(10-18)14(19)8-13/h3-8H,9-10H2,1-2H3. The van der Waals surface area contributed by atoms with Crippen molar-refractivity contribution in [1.82, 2.24) is 0 Å². The van der Waals surface area contributed by atoms with E-state index in [-0.39, 0.29) is 5.60 Å². The van der Waals surface area contributed by atoms with Crippen molar-refractivity contribution in [3.63, 3.8) is 0 Å². The molecule has 0 unspecified atom stereocenters. The first-order valence-corrected chi connectivity index (χ1v) is 8.73. The maximum absolute atomic E-state index is 6.03. The fraction of sp³-hybridized carbons (Fsp3) is 0.294. The van der Waals surface area contributed by atoms with Crippen molar-refractivity contribution in [2.75, 3.05) is 0 Å². The average molecular weight is 412 g/mol. The van der Waals surface area contributed by atoms with Gasteiger partial charge in [-0.05, 0) is 37.6 Å². The number of hydrogen-bond donors (Lipinski definition) is 0. The van der Waals surface area contributed by atoms with E-state index in [1.807, 2.05) is 30.3 Å². The van der Waals surface area contributed by atoms with Crippen molar-refractivity contribution in [3.05, 3.63) is 52.0 Å². The molecule has 1 aliphatic rings. The Kier molecular flexibility index (Phi) is 4.02. The van der Waals surface area contributed by atoms with Crippen LogP contribution in [0.5, 0.6) is 17.2 Å². The van der Waals surface area contributed by atoms with Crippen molar-refractivity contribution in [2.45, 2.75) is 31.2 Å². The molecular weight excluding hydrogens is 396 g/mol. The highest BCUT2D eigenvalue weighted by Crippen LogP contribution is 2.43. The highest BCUT2D eigenvalue weighted by atomic mass is 79.9. The molecule has 0 fully saturated rings. The topological polar surface area (TPSA) is 18.5 Å². The van der Waals surface area contributed by atoms with Crippen molar-refractivity contribution in [1.29, 1.82) is 0 Å². The van der Waals surface area contributed by atoms with E-state index < -0.39 is 0 Å². The van der Waals surface area contributed by atoms with Crippen LogP contribution in [-0.4, -0.2) is 5.60 Å². The van der Waals surface area contributed by atoms with Gasteiger partial charge >= 0.3 is 0 Å². The van der Waals surface area contributed by atoms with Gasteiger partial charge in [-0.2, -0.15) is 0 Å². The quantitative estimate of drug-likeness (QED) is 0.589. The third-order valence-corrected chi connectivity index (χ3v) is 4.79. The molecule has 2 nitrogen and oxygen atoms in total. The Morgan fingerprint density at radius 1 is 1.24 bits per heavy atom. The molecule has 3 rings (SSSR count). The Labute approximate surface area is 141 Å². The summed E-state index contributed by atoms with van der Waals surface area (Å²) in [7, 11) is 0. The predicted molar refractivity (Wildman–Crippen MR) is 91.7 cm³/mol. The lowest BCUT2D eigenvalue weighted by Crippen LogP contribution is -2.24. The summed E-state index contributed by atoms with van der Waals surface area (Å²) in [5, 5.41) is 0.811. The second-order valence-electron chi connectivity index (χ2n) is 5.77. The lowest BCUT2D eigenvalue weighted by molar-refractivity contribution is 0.135. The fourth-order valence-corrected chi connectivity index (χ4v) is 3.86. The smallest absolute Gasteiger partial charge is 0.169 e. The number of fused-ring (bicyclic) bond motifs is 1. The summed E-state index contributed by atoms with van der Waals surface area (Å²) in [6, 6.07) is 12.1. The molecule has 1 aliphatic heterocycles. The minimum Gasteiger partial charge on any atom is -0.483 e. The van der Waals surface area contributed by atoms with Crippen LogP contribution in [-0.2, 0) is 11.8 Å². The molecule has 0 saturated heterocycles. The molecule has 2 aromatic carbocycles. The summed E-state index contributed by atoms with van der Waals surface area (Å²) in [5.74, 6) is 2.44. The van der Waals surface area contributed by atoms with E-state index >= 15 is 0 Å². The minimum atomic E-state index is -0.164. The maximum Gasteiger partial charge on any atom is 0.169 e. The fourth-order valence-electron chi connectivity index (χ4n) is 2.49. The molecule has 0 radical (unpaired) electrons. The predicted octanol–water partition coefficient (Wildman–Crippen LogP) is 5.85. The van der Waals surface area contributed by atoms with Crippen LogP contribution in [0, 0.1) is 0 Å². The average Bonchev–Trinajstić information content (AvgIpc) is 2.74. The van der Waals surface area contributed by atoms with Crippen LogP contribution in [0.1, 0.15) is 25.0 Å². The lowest BCUT2D eigenvalue weighted by Gasteiger charge is -2.18. The van der Waals surface area contributed by atoms with Crippen LogP contribution in [0.25, 0.3) is 0 Å². The van der Waals surface area contributed by atoms with Crippen molar-refractivity contribution in [3.8, 4) is 17.2 Å². The van der Waals surface area contributed by atoms with Gasteiger partial charge in [-0.1, -0.05) is 50.1 Å². The maximum atomic E-state index is 6.03. The van der Waals surface area contributed by atoms with Gasteiger partial charge < -0.3 is 9.47 Å². The molecule has 21 heavy (non-hydrogen) atoms. The van der Waals surface area contributed by atoms with Gasteiger partial charge in [0.05, 0.1) is 0 Å². The third kappa shape index (κ3) is 3.11. The van der Waals surface area contributed by atoms with Gasteiger partial charge in [0.1, 0.15) is 11.4 Å². The highest BCUT2D eigenvalue weighted by molar-refractivity contribution is 9.10. The van der Waals surface area contributed by atoms with E-state index in [0.717, 1.165) is 33.5 Å². The molecular formula is C17H16Br2O2. The molecule has 1 heterocycles. The Bertz CT molecular complexity index is 680. The van der Waals surface area contributed by atoms with Crippen molar-refractivity contribution < 1.29 is 9.47 Å². The van der Waals surface area contributed by atoms with Gasteiger partial charge in [-0.25, -0.2) is 0 Å². The molecule has 0 aliphatic carbocycles. The number of ether oxygens (including phenoxy) is 2. The second-order valence-corrected chi connectivity index (χ2v) is 7.19. The zero-order valence-corrected chi connectivity index (χ0v) is 15.1. The van der Waals surface area contributed by atoms with Crippen LogP contribution in [0.15, 0.2) is 40.9 Å². The van der Waals surface area contributed by atoms with E-state index in [1.54, 1.807) is 0 Å². The summed E-state index contributed by atoms with van der Waals surface area (Å²) < 4.78 is 13.1. The van der Waals surface area contributed by atoms with Crippen LogP contribution in [0.3, 0.4) is 0 Å². The SMILES string of the molecule is CC1(C)Cc2cccc(Oc3ccc(CBr)c(Br)c3)c2O1. The number of hydrogen-bond acceptors (Lipinski definition) is 2. The molecule has 0 saturated carbocycles. The first kappa shape index (κ1) is 14.9. The molecule has 2 aromatic rings. The monoisotopic (exact) mass is 410 g/mol. The van der Waals surface area contributed by atoms with Gasteiger partial charge in [-0.3, -0.25) is 0 Å². The number of benzene rings is 2. The number of halogens is 2. The van der Waals surface area contributed by atoms with Gasteiger partial charge in [-0.15, -0.1) is 0 Å². The van der Waals surface area contributed by atoms with Gasteiger partial charge in [0, 0.05) is 21.8 Å². The summed E-state index contributed by atoms with van der Waals surface area (Å²) >= 11 is 7.02. The van der Waals surface area contributed by atoms with Crippen molar-refractivity contribution in [2.24, 2.45) is 0 Å². The van der Waals surface area contributed by atoms with Gasteiger partial charge in [0.25, 0.3) is 0 Å². The molecule has 0 aromatic heterocycles. The van der Waals surface area contributed by atoms with Crippen molar-refractivity contribution >= 4 is 31.9 Å². The second kappa shape index (κ2) is 5.65. The Balaban J connectivity index is 1.90. The Hall–Kier alpha value is -1.00. The summed E-state index contributed by atoms with van der Waals surface area (Å²) in [4.78, 5) is 0. The largest absolute Gasteiger partial charge is 0.483 e. The van der Waals surface area contributed by atoms with E-state index in [1.165, 1.54) is 11.1 Å². The highest BCUT2D eigenvalue weighted by Gasteiger charge is 2.32. The molecule has 110 valence electrons. The molecule has 0 amide bonds. The van der Waals surface area contributed by atoms with Gasteiger partial charge in [0.15, 0.2) is 11.5 Å². The Morgan fingerprint density at radius 3 is 2.76 bits per heavy atom. The molecule has 4 heteroatoms. The third-order valence-electron chi connectivity index (χ3n) is 3.45. The zero-order valence-electron chi connectivity index (χ0n) is 12.0. The molecule has 0 atom stereocenters. The van der Waals surface area contributed by atoms with E-state index in [4.69, 9.17) is 9.47 Å². The summed E-state index contributed by atoms with van der Waals surface area (Å²) in [6.07, 6.45) is 0.908. The van der Waals surface area contributed by atoms with Crippen LogP contribution in [0.4, 0.5) is 0 Å². The zero-order chi connectivity index (χ0) is 15.0. The van der Waals surface area contributed by atoms with Crippen LogP contribution >= 0.6 is 31.9 Å². The Morgan fingerprint density at radius 2 is 2.05 bits per heavy atom. The number of para-hydroxylation sites is 1. The van der Waals surface area contributed by atoms with Crippen LogP contribution in [0.2, 0.25) is 0 Å². The lowest BCUT2D eigenvalue weighted by atomic mass is 10.0. The molecule has 0 bridgehead atoms. The minimum absolute atomic E-state index is 0.164. The van der Waals surface area contributed by atoms with E-state index in [9.17, 15) is 0 Å². The van der Waals surface area contributed by atoms with Gasteiger partial charge in [0.2, 0.25) is 0 Å². The van der Waals surface area contributed by atoms with Crippen LogP contribution < -0.4 is 9.47 Å². The summed E-state index contributed by atoms with van der Waals surface area (Å²) in [5.41, 5.74) is 2.23. The molecule has 0 N–H and O–H groups in total. The van der Waals surface area contributed by atoms with E-state index in [2.05, 4.69) is 51.8 Å². The molecule has 0 spiro atoms. The number of rotatable bonds is 3. The number of alkyl halides is 1. The first-order valence-electron chi connectivity index (χ1n) is 6.82. The van der Waals surface area contributed by atoms with E-state index in [0.29, 0.717) is 0 Å².